The molecule has 0 aliphatic carbocycles. The third-order valence-electron chi connectivity index (χ3n) is 2.92. The Morgan fingerprint density at radius 2 is 1.68 bits per heavy atom. The Morgan fingerprint density at radius 3 is 2.36 bits per heavy atom. The first-order valence-corrected chi connectivity index (χ1v) is 7.00. The Morgan fingerprint density at radius 1 is 1.05 bits per heavy atom. The summed E-state index contributed by atoms with van der Waals surface area (Å²) in [6.45, 7) is 0. The fourth-order valence-corrected chi connectivity index (χ4v) is 2.54. The Kier molecular flexibility index (Phi) is 3.88. The number of carbonyl (C=O) groups is 2. The SMILES string of the molecule is O=C(C=C1OC(=O)c2ccccc21)Oc1cc(Cl)cc(Cl)c1. The topological polar surface area (TPSA) is 52.6 Å². The molecule has 0 saturated carbocycles. The first-order valence-electron chi connectivity index (χ1n) is 6.24. The van der Waals surface area contributed by atoms with E-state index in [-0.39, 0.29) is 11.5 Å². The number of esters is 2. The summed E-state index contributed by atoms with van der Waals surface area (Å²) < 4.78 is 10.2. The van der Waals surface area contributed by atoms with Crippen molar-refractivity contribution in [1.82, 2.24) is 0 Å². The van der Waals surface area contributed by atoms with Gasteiger partial charge in [-0.1, -0.05) is 41.4 Å². The summed E-state index contributed by atoms with van der Waals surface area (Å²) in [6, 6.07) is 11.2. The number of carbonyl (C=O) groups excluding carboxylic acids is 2. The molecular weight excluding hydrogens is 327 g/mol. The van der Waals surface area contributed by atoms with Gasteiger partial charge in [0.25, 0.3) is 0 Å². The highest BCUT2D eigenvalue weighted by Crippen LogP contribution is 2.30. The average Bonchev–Trinajstić information content (AvgIpc) is 2.75. The number of ether oxygens (including phenoxy) is 2. The van der Waals surface area contributed by atoms with Gasteiger partial charge in [0, 0.05) is 15.6 Å². The molecule has 0 fully saturated rings. The van der Waals surface area contributed by atoms with Crippen molar-refractivity contribution in [3.05, 3.63) is 69.7 Å². The molecule has 0 radical (unpaired) electrons. The molecule has 0 saturated heterocycles. The predicted octanol–water partition coefficient (Wildman–Crippen LogP) is 4.11. The molecule has 0 atom stereocenters. The monoisotopic (exact) mass is 334 g/mol. The number of fused-ring (bicyclic) bond motifs is 1. The minimum atomic E-state index is -0.696. The van der Waals surface area contributed by atoms with Gasteiger partial charge >= 0.3 is 11.9 Å². The van der Waals surface area contributed by atoms with E-state index >= 15 is 0 Å². The average molecular weight is 335 g/mol. The van der Waals surface area contributed by atoms with Crippen LogP contribution in [0.4, 0.5) is 0 Å². The minimum absolute atomic E-state index is 0.152. The van der Waals surface area contributed by atoms with Crippen LogP contribution in [0.25, 0.3) is 5.76 Å². The Labute approximate surface area is 135 Å². The van der Waals surface area contributed by atoms with E-state index in [4.69, 9.17) is 32.7 Å². The summed E-state index contributed by atoms with van der Waals surface area (Å²) in [4.78, 5) is 23.6. The summed E-state index contributed by atoms with van der Waals surface area (Å²) in [5, 5.41) is 0.696. The molecule has 0 spiro atoms. The van der Waals surface area contributed by atoms with Gasteiger partial charge in [-0.15, -0.1) is 0 Å². The van der Waals surface area contributed by atoms with Gasteiger partial charge < -0.3 is 9.47 Å². The van der Waals surface area contributed by atoms with Crippen LogP contribution >= 0.6 is 23.2 Å². The second kappa shape index (κ2) is 5.83. The molecule has 0 bridgehead atoms. The van der Waals surface area contributed by atoms with Gasteiger partial charge in [-0.25, -0.2) is 9.59 Å². The third kappa shape index (κ3) is 2.98. The highest BCUT2D eigenvalue weighted by Gasteiger charge is 2.26. The number of rotatable bonds is 2. The van der Waals surface area contributed by atoms with Crippen molar-refractivity contribution in [1.29, 1.82) is 0 Å². The lowest BCUT2D eigenvalue weighted by Gasteiger charge is -2.03. The van der Waals surface area contributed by atoms with Crippen molar-refractivity contribution >= 4 is 40.9 Å². The van der Waals surface area contributed by atoms with Crippen LogP contribution in [-0.2, 0) is 9.53 Å². The molecule has 0 N–H and O–H groups in total. The maximum absolute atomic E-state index is 11.9. The van der Waals surface area contributed by atoms with E-state index in [0.29, 0.717) is 21.2 Å². The molecule has 110 valence electrons. The van der Waals surface area contributed by atoms with E-state index < -0.39 is 11.9 Å². The molecule has 0 unspecified atom stereocenters. The van der Waals surface area contributed by atoms with E-state index in [2.05, 4.69) is 0 Å². The van der Waals surface area contributed by atoms with Gasteiger partial charge in [-0.05, 0) is 24.3 Å². The maximum Gasteiger partial charge on any atom is 0.344 e. The first-order chi connectivity index (χ1) is 10.5. The predicted molar refractivity (Wildman–Crippen MR) is 81.9 cm³/mol. The number of hydrogen-bond acceptors (Lipinski definition) is 4. The molecule has 0 amide bonds. The van der Waals surface area contributed by atoms with Gasteiger partial charge in [0.1, 0.15) is 11.5 Å². The van der Waals surface area contributed by atoms with Crippen LogP contribution in [0.5, 0.6) is 5.75 Å². The molecule has 2 aromatic carbocycles. The number of halogens is 2. The lowest BCUT2D eigenvalue weighted by molar-refractivity contribution is -0.128. The summed E-state index contributed by atoms with van der Waals surface area (Å²) in [5.41, 5.74) is 0.959. The smallest absolute Gasteiger partial charge is 0.344 e. The van der Waals surface area contributed by atoms with Crippen LogP contribution in [0.1, 0.15) is 15.9 Å². The van der Waals surface area contributed by atoms with Crippen LogP contribution in [0.2, 0.25) is 10.0 Å². The van der Waals surface area contributed by atoms with Crippen LogP contribution in [0.15, 0.2) is 48.5 Å². The number of benzene rings is 2. The zero-order valence-electron chi connectivity index (χ0n) is 11.0. The summed E-state index contributed by atoms with van der Waals surface area (Å²) in [6.07, 6.45) is 1.11. The van der Waals surface area contributed by atoms with Gasteiger partial charge in [0.2, 0.25) is 0 Å². The summed E-state index contributed by atoms with van der Waals surface area (Å²) in [5.74, 6) is -0.839. The van der Waals surface area contributed by atoms with Crippen molar-refractivity contribution < 1.29 is 19.1 Å². The second-order valence-corrected chi connectivity index (χ2v) is 5.34. The molecule has 1 aliphatic rings. The fourth-order valence-electron chi connectivity index (χ4n) is 2.03. The van der Waals surface area contributed by atoms with Crippen LogP contribution in [-0.4, -0.2) is 11.9 Å². The molecular formula is C16H8Cl2O4. The Hall–Kier alpha value is -2.30. The van der Waals surface area contributed by atoms with E-state index in [1.54, 1.807) is 24.3 Å². The van der Waals surface area contributed by atoms with E-state index in [9.17, 15) is 9.59 Å². The quantitative estimate of drug-likeness (QED) is 0.471. The van der Waals surface area contributed by atoms with E-state index in [0.717, 1.165) is 6.08 Å². The van der Waals surface area contributed by atoms with Crippen LogP contribution < -0.4 is 4.74 Å². The lowest BCUT2D eigenvalue weighted by atomic mass is 10.1. The molecule has 4 nitrogen and oxygen atoms in total. The highest BCUT2D eigenvalue weighted by molar-refractivity contribution is 6.34. The molecule has 1 aliphatic heterocycles. The van der Waals surface area contributed by atoms with Gasteiger partial charge in [-0.2, -0.15) is 0 Å². The lowest BCUT2D eigenvalue weighted by Crippen LogP contribution is -2.05. The number of hydrogen-bond donors (Lipinski definition) is 0. The van der Waals surface area contributed by atoms with Crippen LogP contribution in [0, 0.1) is 0 Å². The van der Waals surface area contributed by atoms with Gasteiger partial charge in [-0.3, -0.25) is 0 Å². The zero-order valence-corrected chi connectivity index (χ0v) is 12.5. The van der Waals surface area contributed by atoms with E-state index in [1.807, 2.05) is 0 Å². The van der Waals surface area contributed by atoms with Gasteiger partial charge in [0.05, 0.1) is 11.6 Å². The third-order valence-corrected chi connectivity index (χ3v) is 3.35. The Balaban J connectivity index is 1.84. The summed E-state index contributed by atoms with van der Waals surface area (Å²) >= 11 is 11.7. The van der Waals surface area contributed by atoms with Crippen molar-refractivity contribution in [2.24, 2.45) is 0 Å². The molecule has 2 aromatic rings. The van der Waals surface area contributed by atoms with Gasteiger partial charge in [0.15, 0.2) is 0 Å². The highest BCUT2D eigenvalue weighted by atomic mass is 35.5. The van der Waals surface area contributed by atoms with Crippen molar-refractivity contribution in [2.45, 2.75) is 0 Å². The molecule has 1 heterocycles. The van der Waals surface area contributed by atoms with Crippen molar-refractivity contribution in [3.8, 4) is 5.75 Å². The van der Waals surface area contributed by atoms with Crippen LogP contribution in [0.3, 0.4) is 0 Å². The molecule has 3 rings (SSSR count). The minimum Gasteiger partial charge on any atom is -0.423 e. The first kappa shape index (κ1) is 14.6. The zero-order chi connectivity index (χ0) is 15.7. The molecule has 0 aromatic heterocycles. The number of cyclic esters (lactones) is 1. The van der Waals surface area contributed by atoms with Crippen molar-refractivity contribution in [2.75, 3.05) is 0 Å². The normalized spacial score (nSPS) is 14.6. The Bertz CT molecular complexity index is 791. The molecule has 6 heteroatoms. The fraction of sp³-hybridized carbons (Fsp3) is 0. The summed E-state index contributed by atoms with van der Waals surface area (Å²) in [7, 11) is 0. The van der Waals surface area contributed by atoms with Crippen molar-refractivity contribution in [3.63, 3.8) is 0 Å². The standard InChI is InChI=1S/C16H8Cl2O4/c17-9-5-10(18)7-11(6-9)21-15(19)8-14-12-3-1-2-4-13(12)16(20)22-14/h1-8H. The van der Waals surface area contributed by atoms with E-state index in [1.165, 1.54) is 18.2 Å². The maximum atomic E-state index is 11.9. The molecule has 22 heavy (non-hydrogen) atoms. The second-order valence-electron chi connectivity index (χ2n) is 4.47. The largest absolute Gasteiger partial charge is 0.423 e.